The van der Waals surface area contributed by atoms with Crippen LogP contribution in [0.4, 0.5) is 8.78 Å². The summed E-state index contributed by atoms with van der Waals surface area (Å²) in [5.41, 5.74) is 1.54. The van der Waals surface area contributed by atoms with Gasteiger partial charge in [0.15, 0.2) is 0 Å². The fourth-order valence-corrected chi connectivity index (χ4v) is 4.30. The summed E-state index contributed by atoms with van der Waals surface area (Å²) >= 11 is 1.55. The minimum absolute atomic E-state index is 0.306. The summed E-state index contributed by atoms with van der Waals surface area (Å²) < 4.78 is 27.7. The minimum atomic E-state index is -0.772. The van der Waals surface area contributed by atoms with Gasteiger partial charge >= 0.3 is 5.97 Å². The molecule has 2 aromatic rings. The van der Waals surface area contributed by atoms with Gasteiger partial charge in [-0.15, -0.1) is 11.3 Å². The molecule has 0 radical (unpaired) electrons. The largest absolute Gasteiger partial charge is 0.481 e. The molecule has 1 atom stereocenters. The summed E-state index contributed by atoms with van der Waals surface area (Å²) in [4.78, 5) is 14.2. The lowest BCUT2D eigenvalue weighted by molar-refractivity contribution is -0.143. The summed E-state index contributed by atoms with van der Waals surface area (Å²) in [5, 5.41) is 11.2. The number of carbonyl (C=O) groups is 1. The molecule has 0 saturated carbocycles. The highest BCUT2D eigenvalue weighted by atomic mass is 32.1. The summed E-state index contributed by atoms with van der Waals surface area (Å²) in [6.07, 6.45) is 1.08. The van der Waals surface area contributed by atoms with Gasteiger partial charge in [0, 0.05) is 16.5 Å². The van der Waals surface area contributed by atoms with E-state index in [1.807, 2.05) is 18.4 Å². The van der Waals surface area contributed by atoms with Gasteiger partial charge in [0.25, 0.3) is 0 Å². The Labute approximate surface area is 143 Å². The lowest BCUT2D eigenvalue weighted by Crippen LogP contribution is -2.39. The molecular formula is C18H19F2NO2S. The minimum Gasteiger partial charge on any atom is -0.481 e. The van der Waals surface area contributed by atoms with Gasteiger partial charge in [-0.2, -0.15) is 0 Å². The maximum absolute atomic E-state index is 14.4. The maximum Gasteiger partial charge on any atom is 0.306 e. The van der Waals surface area contributed by atoms with Crippen molar-refractivity contribution in [2.45, 2.75) is 25.8 Å². The molecule has 3 nitrogen and oxygen atoms in total. The van der Waals surface area contributed by atoms with Crippen LogP contribution in [0, 0.1) is 24.5 Å². The molecule has 0 bridgehead atoms. The molecule has 1 fully saturated rings. The number of carboxylic acid groups (broad SMARTS) is 1. The van der Waals surface area contributed by atoms with Gasteiger partial charge in [0.1, 0.15) is 11.6 Å². The molecule has 1 N–H and O–H groups in total. The second kappa shape index (κ2) is 6.99. The fraction of sp³-hybridized carbons (Fsp3) is 0.389. The van der Waals surface area contributed by atoms with Crippen molar-refractivity contribution in [2.75, 3.05) is 13.1 Å². The molecule has 1 aliphatic heterocycles. The molecule has 1 aromatic heterocycles. The number of rotatable bonds is 4. The molecule has 1 saturated heterocycles. The predicted octanol–water partition coefficient (Wildman–Crippen LogP) is 4.22. The molecular weight excluding hydrogens is 332 g/mol. The van der Waals surface area contributed by atoms with Crippen LogP contribution in [-0.2, 0) is 4.79 Å². The number of thiophene rings is 1. The Hall–Kier alpha value is -1.79. The Kier molecular flexibility index (Phi) is 4.96. The molecule has 128 valence electrons. The zero-order chi connectivity index (χ0) is 17.3. The normalized spacial score (nSPS) is 17.8. The van der Waals surface area contributed by atoms with Gasteiger partial charge in [-0.3, -0.25) is 9.69 Å². The zero-order valence-corrected chi connectivity index (χ0v) is 14.2. The van der Waals surface area contributed by atoms with E-state index in [9.17, 15) is 13.6 Å². The van der Waals surface area contributed by atoms with E-state index in [2.05, 4.69) is 4.90 Å². The van der Waals surface area contributed by atoms with Crippen molar-refractivity contribution in [1.82, 2.24) is 4.90 Å². The Balaban J connectivity index is 1.93. The SMILES string of the molecule is Cc1csc(C(c2ccc(F)cc2F)N2CCC(C(=O)O)CC2)c1. The van der Waals surface area contributed by atoms with Crippen LogP contribution in [0.2, 0.25) is 0 Å². The Bertz CT molecular complexity index is 738. The highest BCUT2D eigenvalue weighted by Gasteiger charge is 2.32. The molecule has 3 rings (SSSR count). The number of likely N-dealkylation sites (tertiary alicyclic amines) is 1. The topological polar surface area (TPSA) is 40.5 Å². The average Bonchev–Trinajstić information content (AvgIpc) is 2.96. The first kappa shape index (κ1) is 17.0. The second-order valence-electron chi connectivity index (χ2n) is 6.24. The number of hydrogen-bond acceptors (Lipinski definition) is 3. The van der Waals surface area contributed by atoms with E-state index >= 15 is 0 Å². The van der Waals surface area contributed by atoms with Crippen molar-refractivity contribution in [2.24, 2.45) is 5.92 Å². The van der Waals surface area contributed by atoms with E-state index in [0.29, 0.717) is 31.5 Å². The van der Waals surface area contributed by atoms with Crippen LogP contribution in [0.3, 0.4) is 0 Å². The van der Waals surface area contributed by atoms with Crippen molar-refractivity contribution in [3.63, 3.8) is 0 Å². The smallest absolute Gasteiger partial charge is 0.306 e. The first-order valence-corrected chi connectivity index (χ1v) is 8.80. The number of halogens is 2. The van der Waals surface area contributed by atoms with E-state index in [4.69, 9.17) is 5.11 Å². The molecule has 0 spiro atoms. The van der Waals surface area contributed by atoms with Crippen molar-refractivity contribution in [3.8, 4) is 0 Å². The zero-order valence-electron chi connectivity index (χ0n) is 13.3. The molecule has 0 amide bonds. The number of benzene rings is 1. The first-order valence-electron chi connectivity index (χ1n) is 7.92. The molecule has 24 heavy (non-hydrogen) atoms. The highest BCUT2D eigenvalue weighted by Crippen LogP contribution is 2.36. The van der Waals surface area contributed by atoms with Crippen molar-refractivity contribution >= 4 is 17.3 Å². The molecule has 6 heteroatoms. The lowest BCUT2D eigenvalue weighted by Gasteiger charge is -2.36. The summed E-state index contributed by atoms with van der Waals surface area (Å²) in [6.45, 7) is 3.14. The van der Waals surface area contributed by atoms with Gasteiger partial charge in [0.2, 0.25) is 0 Å². The number of piperidine rings is 1. The van der Waals surface area contributed by atoms with Crippen molar-refractivity contribution in [1.29, 1.82) is 0 Å². The quantitative estimate of drug-likeness (QED) is 0.897. The van der Waals surface area contributed by atoms with Crippen LogP contribution in [0.25, 0.3) is 0 Å². The molecule has 2 heterocycles. The summed E-state index contributed by atoms with van der Waals surface area (Å²) in [5.74, 6) is -2.27. The van der Waals surface area contributed by atoms with Gasteiger partial charge in [-0.1, -0.05) is 6.07 Å². The van der Waals surface area contributed by atoms with Crippen molar-refractivity contribution in [3.05, 3.63) is 57.3 Å². The van der Waals surface area contributed by atoms with E-state index in [0.717, 1.165) is 16.5 Å². The third kappa shape index (κ3) is 3.49. The van der Waals surface area contributed by atoms with Crippen LogP contribution in [-0.4, -0.2) is 29.1 Å². The van der Waals surface area contributed by atoms with Gasteiger partial charge < -0.3 is 5.11 Å². The molecule has 1 aliphatic rings. The van der Waals surface area contributed by atoms with Gasteiger partial charge in [0.05, 0.1) is 12.0 Å². The highest BCUT2D eigenvalue weighted by molar-refractivity contribution is 7.10. The molecule has 1 aromatic carbocycles. The number of nitrogens with zero attached hydrogens (tertiary/aromatic N) is 1. The standard InChI is InChI=1S/C18H19F2NO2S/c1-11-8-16(24-10-11)17(14-3-2-13(19)9-15(14)20)21-6-4-12(5-7-21)18(22)23/h2-3,8-10,12,17H,4-7H2,1H3,(H,22,23). The van der Waals surface area contributed by atoms with Crippen LogP contribution >= 0.6 is 11.3 Å². The van der Waals surface area contributed by atoms with Crippen LogP contribution in [0.5, 0.6) is 0 Å². The summed E-state index contributed by atoms with van der Waals surface area (Å²) in [6, 6.07) is 5.39. The third-order valence-corrected chi connectivity index (χ3v) is 5.62. The van der Waals surface area contributed by atoms with Gasteiger partial charge in [-0.25, -0.2) is 8.78 Å². The Morgan fingerprint density at radius 1 is 1.29 bits per heavy atom. The predicted molar refractivity (Wildman–Crippen MR) is 89.2 cm³/mol. The van der Waals surface area contributed by atoms with E-state index < -0.39 is 17.6 Å². The average molecular weight is 351 g/mol. The van der Waals surface area contributed by atoms with Crippen LogP contribution in [0.15, 0.2) is 29.6 Å². The Morgan fingerprint density at radius 3 is 2.54 bits per heavy atom. The number of hydrogen-bond donors (Lipinski definition) is 1. The first-order chi connectivity index (χ1) is 11.5. The molecule has 0 aliphatic carbocycles. The van der Waals surface area contributed by atoms with Crippen LogP contribution in [0.1, 0.15) is 34.9 Å². The maximum atomic E-state index is 14.4. The fourth-order valence-electron chi connectivity index (χ4n) is 3.25. The number of aliphatic carboxylic acids is 1. The number of aryl methyl sites for hydroxylation is 1. The second-order valence-corrected chi connectivity index (χ2v) is 7.19. The van der Waals surface area contributed by atoms with Crippen molar-refractivity contribution < 1.29 is 18.7 Å². The number of carboxylic acids is 1. The summed E-state index contributed by atoms with van der Waals surface area (Å²) in [7, 11) is 0. The van der Waals surface area contributed by atoms with Crippen LogP contribution < -0.4 is 0 Å². The molecule has 1 unspecified atom stereocenters. The van der Waals surface area contributed by atoms with E-state index in [1.54, 1.807) is 11.3 Å². The van der Waals surface area contributed by atoms with E-state index in [-0.39, 0.29) is 12.0 Å². The lowest BCUT2D eigenvalue weighted by atomic mass is 9.93. The van der Waals surface area contributed by atoms with E-state index in [1.165, 1.54) is 12.1 Å². The monoisotopic (exact) mass is 351 g/mol. The third-order valence-electron chi connectivity index (χ3n) is 4.52. The Morgan fingerprint density at radius 2 is 2.00 bits per heavy atom. The van der Waals surface area contributed by atoms with Gasteiger partial charge in [-0.05, 0) is 55.9 Å².